The summed E-state index contributed by atoms with van der Waals surface area (Å²) in [7, 11) is -3.26. The lowest BCUT2D eigenvalue weighted by molar-refractivity contribution is 0.0939. The average molecular weight is 255 g/mol. The van der Waals surface area contributed by atoms with Crippen LogP contribution in [0.3, 0.4) is 0 Å². The van der Waals surface area contributed by atoms with E-state index in [2.05, 4.69) is 4.72 Å². The predicted molar refractivity (Wildman–Crippen MR) is 68.7 cm³/mol. The summed E-state index contributed by atoms with van der Waals surface area (Å²) >= 11 is 0. The minimum Gasteiger partial charge on any atom is -0.294 e. The van der Waals surface area contributed by atoms with E-state index in [1.165, 1.54) is 0 Å². The molecule has 0 bridgehead atoms. The molecule has 1 aromatic rings. The van der Waals surface area contributed by atoms with Crippen LogP contribution in [0, 0.1) is 5.92 Å². The topological polar surface area (TPSA) is 63.2 Å². The highest BCUT2D eigenvalue weighted by molar-refractivity contribution is 7.92. The van der Waals surface area contributed by atoms with Gasteiger partial charge in [-0.3, -0.25) is 9.52 Å². The van der Waals surface area contributed by atoms with E-state index >= 15 is 0 Å². The van der Waals surface area contributed by atoms with Crippen LogP contribution < -0.4 is 4.72 Å². The quantitative estimate of drug-likeness (QED) is 0.821. The fraction of sp³-hybridized carbons (Fsp3) is 0.417. The van der Waals surface area contributed by atoms with Crippen LogP contribution in [0.2, 0.25) is 0 Å². The van der Waals surface area contributed by atoms with E-state index in [0.717, 1.165) is 0 Å². The van der Waals surface area contributed by atoms with E-state index in [0.29, 0.717) is 11.3 Å². The molecule has 4 nitrogen and oxygen atoms in total. The van der Waals surface area contributed by atoms with Crippen LogP contribution in [0.25, 0.3) is 0 Å². The Hall–Kier alpha value is -1.36. The maximum Gasteiger partial charge on any atom is 0.232 e. The Balaban J connectivity index is 2.86. The zero-order valence-corrected chi connectivity index (χ0v) is 11.0. The molecule has 0 spiro atoms. The van der Waals surface area contributed by atoms with Crippen molar-refractivity contribution in [2.24, 2.45) is 5.92 Å². The lowest BCUT2D eigenvalue weighted by Crippen LogP contribution is -2.14. The van der Waals surface area contributed by atoms with Crippen LogP contribution in [-0.2, 0) is 10.0 Å². The minimum absolute atomic E-state index is 0.0275. The molecule has 0 aliphatic carbocycles. The fourth-order valence-electron chi connectivity index (χ4n) is 1.29. The number of sulfonamides is 1. The smallest absolute Gasteiger partial charge is 0.232 e. The maximum atomic E-state index is 11.7. The number of ketones is 1. The lowest BCUT2D eigenvalue weighted by atomic mass is 10.0. The van der Waals surface area contributed by atoms with Crippen molar-refractivity contribution in [2.45, 2.75) is 20.8 Å². The van der Waals surface area contributed by atoms with Gasteiger partial charge in [-0.1, -0.05) is 13.8 Å². The monoisotopic (exact) mass is 255 g/mol. The first-order valence-electron chi connectivity index (χ1n) is 5.50. The van der Waals surface area contributed by atoms with Gasteiger partial charge in [-0.15, -0.1) is 0 Å². The van der Waals surface area contributed by atoms with Gasteiger partial charge in [0.2, 0.25) is 10.0 Å². The van der Waals surface area contributed by atoms with Crippen LogP contribution in [0.1, 0.15) is 31.1 Å². The Labute approximate surface area is 102 Å². The SMILES string of the molecule is CCS(=O)(=O)Nc1ccc(C(=O)C(C)C)cc1. The van der Waals surface area contributed by atoms with E-state index in [-0.39, 0.29) is 17.5 Å². The van der Waals surface area contributed by atoms with Gasteiger partial charge in [-0.05, 0) is 31.2 Å². The summed E-state index contributed by atoms with van der Waals surface area (Å²) in [6.45, 7) is 5.23. The van der Waals surface area contributed by atoms with Gasteiger partial charge in [0, 0.05) is 17.2 Å². The second-order valence-electron chi connectivity index (χ2n) is 4.10. The van der Waals surface area contributed by atoms with Gasteiger partial charge < -0.3 is 0 Å². The number of Topliss-reactive ketones (excluding diaryl/α,β-unsaturated/α-hetero) is 1. The van der Waals surface area contributed by atoms with Gasteiger partial charge >= 0.3 is 0 Å². The summed E-state index contributed by atoms with van der Waals surface area (Å²) in [6, 6.07) is 6.47. The number of anilines is 1. The van der Waals surface area contributed by atoms with E-state index < -0.39 is 10.0 Å². The molecule has 0 aromatic heterocycles. The highest BCUT2D eigenvalue weighted by atomic mass is 32.2. The summed E-state index contributed by atoms with van der Waals surface area (Å²) in [4.78, 5) is 11.7. The van der Waals surface area contributed by atoms with E-state index in [1.54, 1.807) is 31.2 Å². The zero-order chi connectivity index (χ0) is 13.1. The minimum atomic E-state index is -3.26. The molecule has 0 heterocycles. The van der Waals surface area contributed by atoms with Crippen molar-refractivity contribution >= 4 is 21.5 Å². The van der Waals surface area contributed by atoms with Gasteiger partial charge in [0.1, 0.15) is 0 Å². The second-order valence-corrected chi connectivity index (χ2v) is 6.11. The van der Waals surface area contributed by atoms with Gasteiger partial charge in [0.05, 0.1) is 5.75 Å². The van der Waals surface area contributed by atoms with Crippen molar-refractivity contribution in [2.75, 3.05) is 10.5 Å². The van der Waals surface area contributed by atoms with Gasteiger partial charge in [-0.2, -0.15) is 0 Å². The van der Waals surface area contributed by atoms with Crippen molar-refractivity contribution in [3.63, 3.8) is 0 Å². The van der Waals surface area contributed by atoms with Gasteiger partial charge in [0.15, 0.2) is 5.78 Å². The van der Waals surface area contributed by atoms with Crippen LogP contribution in [0.4, 0.5) is 5.69 Å². The first kappa shape index (κ1) is 13.7. The van der Waals surface area contributed by atoms with Crippen molar-refractivity contribution in [3.05, 3.63) is 29.8 Å². The maximum absolute atomic E-state index is 11.7. The molecule has 5 heteroatoms. The molecule has 0 amide bonds. The van der Waals surface area contributed by atoms with Gasteiger partial charge in [-0.25, -0.2) is 8.42 Å². The molecule has 0 fully saturated rings. The molecule has 0 saturated heterocycles. The Morgan fingerprint density at radius 1 is 1.24 bits per heavy atom. The van der Waals surface area contributed by atoms with Crippen molar-refractivity contribution < 1.29 is 13.2 Å². The molecular formula is C12H17NO3S. The Kier molecular flexibility index (Phi) is 4.28. The Morgan fingerprint density at radius 2 is 1.76 bits per heavy atom. The van der Waals surface area contributed by atoms with E-state index in [1.807, 2.05) is 13.8 Å². The highest BCUT2D eigenvalue weighted by Gasteiger charge is 2.11. The summed E-state index contributed by atoms with van der Waals surface area (Å²) in [6.07, 6.45) is 0. The molecule has 94 valence electrons. The van der Waals surface area contributed by atoms with Crippen LogP contribution >= 0.6 is 0 Å². The largest absolute Gasteiger partial charge is 0.294 e. The van der Waals surface area contributed by atoms with Crippen LogP contribution in [0.15, 0.2) is 24.3 Å². The number of rotatable bonds is 5. The van der Waals surface area contributed by atoms with E-state index in [4.69, 9.17) is 0 Å². The molecule has 0 atom stereocenters. The molecule has 17 heavy (non-hydrogen) atoms. The predicted octanol–water partition coefficient (Wildman–Crippen LogP) is 2.29. The average Bonchev–Trinajstić information content (AvgIpc) is 2.28. The number of nitrogens with one attached hydrogen (secondary N) is 1. The third-order valence-corrected chi connectivity index (χ3v) is 3.65. The summed E-state index contributed by atoms with van der Waals surface area (Å²) < 4.78 is 25.1. The third kappa shape index (κ3) is 3.85. The number of carbonyl (C=O) groups is 1. The summed E-state index contributed by atoms with van der Waals surface area (Å²) in [5, 5.41) is 0. The van der Waals surface area contributed by atoms with Crippen molar-refractivity contribution in [1.29, 1.82) is 0 Å². The molecule has 1 aromatic carbocycles. The molecule has 0 radical (unpaired) electrons. The summed E-state index contributed by atoms with van der Waals surface area (Å²) in [5.41, 5.74) is 1.08. The summed E-state index contributed by atoms with van der Waals surface area (Å²) in [5.74, 6) is 0.0164. The van der Waals surface area contributed by atoms with E-state index in [9.17, 15) is 13.2 Å². The Bertz CT molecular complexity index is 489. The molecular weight excluding hydrogens is 238 g/mol. The molecule has 0 aliphatic heterocycles. The number of hydrogen-bond acceptors (Lipinski definition) is 3. The molecule has 0 unspecified atom stereocenters. The Morgan fingerprint density at radius 3 is 2.18 bits per heavy atom. The highest BCUT2D eigenvalue weighted by Crippen LogP contribution is 2.14. The first-order chi connectivity index (χ1) is 7.85. The number of hydrogen-bond donors (Lipinski definition) is 1. The van der Waals surface area contributed by atoms with Crippen molar-refractivity contribution in [3.8, 4) is 0 Å². The fourth-order valence-corrected chi connectivity index (χ4v) is 1.93. The van der Waals surface area contributed by atoms with Crippen LogP contribution in [-0.4, -0.2) is 20.0 Å². The molecule has 0 aliphatic rings. The first-order valence-corrected chi connectivity index (χ1v) is 7.15. The van der Waals surface area contributed by atoms with Crippen LogP contribution in [0.5, 0.6) is 0 Å². The van der Waals surface area contributed by atoms with Gasteiger partial charge in [0.25, 0.3) is 0 Å². The normalized spacial score (nSPS) is 11.5. The molecule has 1 rings (SSSR count). The zero-order valence-electron chi connectivity index (χ0n) is 10.2. The van der Waals surface area contributed by atoms with Crippen molar-refractivity contribution in [1.82, 2.24) is 0 Å². The molecule has 1 N–H and O–H groups in total. The molecule has 0 saturated carbocycles. The third-order valence-electron chi connectivity index (χ3n) is 2.35. The lowest BCUT2D eigenvalue weighted by Gasteiger charge is -2.07. The number of benzene rings is 1. The standard InChI is InChI=1S/C12H17NO3S/c1-4-17(15,16)13-11-7-5-10(6-8-11)12(14)9(2)3/h5-9,13H,4H2,1-3H3. The number of carbonyl (C=O) groups excluding carboxylic acids is 1. The second kappa shape index (κ2) is 5.31.